The summed E-state index contributed by atoms with van der Waals surface area (Å²) in [4.78, 5) is 32.7. The van der Waals surface area contributed by atoms with Gasteiger partial charge in [0.1, 0.15) is 0 Å². The van der Waals surface area contributed by atoms with Gasteiger partial charge < -0.3 is 14.7 Å². The van der Waals surface area contributed by atoms with Crippen molar-refractivity contribution in [3.8, 4) is 0 Å². The number of likely N-dealkylation sites (tertiary alicyclic amines) is 3. The number of hydrogen-bond donors (Lipinski definition) is 0. The number of nitrogens with zero attached hydrogens (tertiary/aromatic N) is 3. The number of piperidine rings is 1. The van der Waals surface area contributed by atoms with E-state index in [-0.39, 0.29) is 16.7 Å². The molecule has 0 aliphatic carbocycles. The Bertz CT molecular complexity index is 803. The van der Waals surface area contributed by atoms with Crippen LogP contribution in [0.5, 0.6) is 0 Å². The van der Waals surface area contributed by atoms with Crippen molar-refractivity contribution in [2.45, 2.75) is 33.1 Å². The molecule has 5 nitrogen and oxygen atoms in total. The number of fused-ring (bicyclic) bond motifs is 1. The molecule has 29 heavy (non-hydrogen) atoms. The van der Waals surface area contributed by atoms with Crippen LogP contribution in [0, 0.1) is 16.7 Å². The van der Waals surface area contributed by atoms with Crippen molar-refractivity contribution < 1.29 is 9.59 Å². The van der Waals surface area contributed by atoms with E-state index in [1.54, 1.807) is 12.1 Å². The molecule has 0 saturated carbocycles. The molecule has 1 aromatic carbocycles. The first kappa shape index (κ1) is 20.7. The van der Waals surface area contributed by atoms with Gasteiger partial charge in [-0.2, -0.15) is 0 Å². The summed E-state index contributed by atoms with van der Waals surface area (Å²) < 4.78 is 0. The average molecular weight is 418 g/mol. The summed E-state index contributed by atoms with van der Waals surface area (Å²) in [5, 5.41) is 0.586. The fraction of sp³-hybridized carbons (Fsp3) is 0.652. The summed E-state index contributed by atoms with van der Waals surface area (Å²) in [5.74, 6) is 0.947. The first-order chi connectivity index (χ1) is 13.8. The molecule has 2 amide bonds. The predicted molar refractivity (Wildman–Crippen MR) is 115 cm³/mol. The molecular formula is C23H32ClN3O2. The lowest BCUT2D eigenvalue weighted by Crippen LogP contribution is -2.53. The van der Waals surface area contributed by atoms with Gasteiger partial charge in [-0.05, 0) is 43.4 Å². The Kier molecular flexibility index (Phi) is 5.41. The molecule has 0 aromatic heterocycles. The van der Waals surface area contributed by atoms with E-state index in [1.165, 1.54) is 0 Å². The normalized spacial score (nSPS) is 27.0. The van der Waals surface area contributed by atoms with Gasteiger partial charge in [0.15, 0.2) is 0 Å². The van der Waals surface area contributed by atoms with Crippen LogP contribution in [0.15, 0.2) is 24.3 Å². The molecule has 3 heterocycles. The van der Waals surface area contributed by atoms with Gasteiger partial charge in [0, 0.05) is 62.3 Å². The number of carbonyl (C=O) groups excluding carboxylic acids is 2. The quantitative estimate of drug-likeness (QED) is 0.757. The summed E-state index contributed by atoms with van der Waals surface area (Å²) in [7, 11) is 1.94. The molecular weight excluding hydrogens is 386 g/mol. The van der Waals surface area contributed by atoms with Crippen molar-refractivity contribution in [2.75, 3.05) is 46.3 Å². The summed E-state index contributed by atoms with van der Waals surface area (Å²) in [5.41, 5.74) is 0.351. The fourth-order valence-corrected chi connectivity index (χ4v) is 6.17. The van der Waals surface area contributed by atoms with E-state index in [4.69, 9.17) is 11.6 Å². The highest BCUT2D eigenvalue weighted by molar-refractivity contribution is 6.30. The number of halogens is 1. The van der Waals surface area contributed by atoms with Crippen molar-refractivity contribution in [2.24, 2.45) is 16.7 Å². The van der Waals surface area contributed by atoms with Crippen LogP contribution in [0.4, 0.5) is 0 Å². The van der Waals surface area contributed by atoms with E-state index < -0.39 is 0 Å². The number of hydrogen-bond acceptors (Lipinski definition) is 3. The highest BCUT2D eigenvalue weighted by atomic mass is 35.5. The van der Waals surface area contributed by atoms with E-state index in [9.17, 15) is 9.59 Å². The van der Waals surface area contributed by atoms with Crippen LogP contribution in [-0.2, 0) is 4.79 Å². The molecule has 158 valence electrons. The number of benzene rings is 1. The Balaban J connectivity index is 1.54. The van der Waals surface area contributed by atoms with E-state index in [0.717, 1.165) is 45.4 Å². The van der Waals surface area contributed by atoms with Gasteiger partial charge >= 0.3 is 0 Å². The van der Waals surface area contributed by atoms with Crippen LogP contribution >= 0.6 is 11.6 Å². The Morgan fingerprint density at radius 1 is 1.14 bits per heavy atom. The lowest BCUT2D eigenvalue weighted by atomic mass is 9.60. The van der Waals surface area contributed by atoms with Crippen LogP contribution in [0.1, 0.15) is 43.5 Å². The van der Waals surface area contributed by atoms with Crippen LogP contribution in [0.3, 0.4) is 0 Å². The second kappa shape index (κ2) is 7.59. The fourth-order valence-electron chi connectivity index (χ4n) is 5.98. The minimum atomic E-state index is -0.276. The average Bonchev–Trinajstić information content (AvgIpc) is 3.13. The topological polar surface area (TPSA) is 43.9 Å². The first-order valence-electron chi connectivity index (χ1n) is 10.8. The lowest BCUT2D eigenvalue weighted by Gasteiger charge is -2.47. The van der Waals surface area contributed by atoms with Crippen LogP contribution < -0.4 is 0 Å². The summed E-state index contributed by atoms with van der Waals surface area (Å²) in [6.07, 6.45) is 2.74. The van der Waals surface area contributed by atoms with Gasteiger partial charge in [0.2, 0.25) is 5.91 Å². The maximum Gasteiger partial charge on any atom is 0.253 e. The molecule has 2 spiro atoms. The summed E-state index contributed by atoms with van der Waals surface area (Å²) in [6.45, 7) is 9.63. The van der Waals surface area contributed by atoms with E-state index in [2.05, 4.69) is 18.7 Å². The molecule has 0 radical (unpaired) electrons. The minimum Gasteiger partial charge on any atom is -0.345 e. The van der Waals surface area contributed by atoms with Crippen LogP contribution in [-0.4, -0.2) is 72.8 Å². The Hall–Kier alpha value is -1.59. The largest absolute Gasteiger partial charge is 0.345 e. The van der Waals surface area contributed by atoms with Crippen molar-refractivity contribution in [1.82, 2.24) is 14.7 Å². The molecule has 3 fully saturated rings. The van der Waals surface area contributed by atoms with Gasteiger partial charge in [-0.3, -0.25) is 9.59 Å². The smallest absolute Gasteiger partial charge is 0.253 e. The lowest BCUT2D eigenvalue weighted by molar-refractivity contribution is -0.141. The van der Waals surface area contributed by atoms with Crippen molar-refractivity contribution in [1.29, 1.82) is 0 Å². The van der Waals surface area contributed by atoms with Crippen molar-refractivity contribution >= 4 is 23.4 Å². The zero-order valence-corrected chi connectivity index (χ0v) is 18.5. The maximum atomic E-state index is 13.3. The molecule has 1 aromatic rings. The zero-order chi connectivity index (χ0) is 20.8. The number of amides is 2. The summed E-state index contributed by atoms with van der Waals surface area (Å²) >= 11 is 6.08. The molecule has 6 heteroatoms. The third-order valence-electron chi connectivity index (χ3n) is 7.37. The number of carbonyl (C=O) groups is 2. The van der Waals surface area contributed by atoms with E-state index in [0.29, 0.717) is 35.5 Å². The summed E-state index contributed by atoms with van der Waals surface area (Å²) in [6, 6.07) is 7.18. The molecule has 3 aliphatic rings. The van der Waals surface area contributed by atoms with E-state index in [1.807, 2.05) is 29.0 Å². The first-order valence-corrected chi connectivity index (χ1v) is 11.2. The van der Waals surface area contributed by atoms with Gasteiger partial charge in [0.25, 0.3) is 5.91 Å². The molecule has 0 N–H and O–H groups in total. The van der Waals surface area contributed by atoms with Crippen molar-refractivity contribution in [3.05, 3.63) is 34.9 Å². The molecule has 1 atom stereocenters. The Morgan fingerprint density at radius 3 is 2.45 bits per heavy atom. The van der Waals surface area contributed by atoms with Crippen LogP contribution in [0.2, 0.25) is 5.02 Å². The van der Waals surface area contributed by atoms with Gasteiger partial charge in [-0.1, -0.05) is 31.5 Å². The Morgan fingerprint density at radius 2 is 1.86 bits per heavy atom. The second-order valence-electron chi connectivity index (χ2n) is 9.71. The molecule has 3 saturated heterocycles. The second-order valence-corrected chi connectivity index (χ2v) is 10.1. The third kappa shape index (κ3) is 3.46. The molecule has 0 bridgehead atoms. The highest BCUT2D eigenvalue weighted by Gasteiger charge is 2.64. The van der Waals surface area contributed by atoms with Gasteiger partial charge in [0.05, 0.1) is 5.41 Å². The SMILES string of the molecule is CC(C)CN1CC2(CCN(C(=O)c3cccc(Cl)c3)CC2)[C@]2(CCN(C)C2=O)C1. The van der Waals surface area contributed by atoms with E-state index >= 15 is 0 Å². The Labute approximate surface area is 179 Å². The standard InChI is InChI=1S/C23H32ClN3O2/c1-17(2)14-26-15-22(23(16-26)9-10-25(3)21(23)29)7-11-27(12-8-22)20(28)18-5-4-6-19(24)13-18/h4-6,13,17H,7-12,14-16H2,1-3H3/t23-/m1/s1. The highest BCUT2D eigenvalue weighted by Crippen LogP contribution is 2.57. The third-order valence-corrected chi connectivity index (χ3v) is 7.60. The molecule has 3 aliphatic heterocycles. The van der Waals surface area contributed by atoms with Crippen LogP contribution in [0.25, 0.3) is 0 Å². The monoisotopic (exact) mass is 417 g/mol. The predicted octanol–water partition coefficient (Wildman–Crippen LogP) is 3.38. The number of rotatable bonds is 3. The maximum absolute atomic E-state index is 13.3. The van der Waals surface area contributed by atoms with Gasteiger partial charge in [-0.25, -0.2) is 0 Å². The molecule has 4 rings (SSSR count). The molecule has 0 unspecified atom stereocenters. The van der Waals surface area contributed by atoms with Gasteiger partial charge in [-0.15, -0.1) is 0 Å². The van der Waals surface area contributed by atoms with Crippen molar-refractivity contribution in [3.63, 3.8) is 0 Å². The zero-order valence-electron chi connectivity index (χ0n) is 17.8. The minimum absolute atomic E-state index is 0.0190.